The van der Waals surface area contributed by atoms with Crippen LogP contribution in [-0.4, -0.2) is 33.3 Å². The van der Waals surface area contributed by atoms with Gasteiger partial charge in [-0.25, -0.2) is 0 Å². The van der Waals surface area contributed by atoms with E-state index in [9.17, 15) is 8.78 Å². The lowest BCUT2D eigenvalue weighted by Gasteiger charge is -2.15. The number of hydrogen-bond acceptors (Lipinski definition) is 3. The van der Waals surface area contributed by atoms with Crippen molar-refractivity contribution in [1.82, 2.24) is 10.6 Å². The summed E-state index contributed by atoms with van der Waals surface area (Å²) in [5, 5.41) is 6.30. The Kier molecular flexibility index (Phi) is 5.80. The topological polar surface area (TPSA) is 54.9 Å². The molecule has 0 amide bonds. The van der Waals surface area contributed by atoms with Crippen LogP contribution in [-0.2, 0) is 6.54 Å². The molecule has 0 heterocycles. The van der Waals surface area contributed by atoms with Gasteiger partial charge in [0.25, 0.3) is 0 Å². The van der Waals surface area contributed by atoms with E-state index in [2.05, 4.69) is 20.4 Å². The lowest BCUT2D eigenvalue weighted by atomic mass is 10.2. The van der Waals surface area contributed by atoms with Gasteiger partial charge in [0.1, 0.15) is 11.5 Å². The Balaban J connectivity index is 1.97. The van der Waals surface area contributed by atoms with Gasteiger partial charge in [0.2, 0.25) is 0 Å². The van der Waals surface area contributed by atoms with Gasteiger partial charge in [0.15, 0.2) is 5.96 Å². The highest BCUT2D eigenvalue weighted by Gasteiger charge is 2.21. The molecule has 122 valence electrons. The maximum absolute atomic E-state index is 12.5. The van der Waals surface area contributed by atoms with E-state index < -0.39 is 6.61 Å². The summed E-state index contributed by atoms with van der Waals surface area (Å²) < 4.78 is 34.6. The molecule has 2 N–H and O–H groups in total. The molecule has 5 nitrogen and oxygen atoms in total. The number of guanidine groups is 1. The highest BCUT2D eigenvalue weighted by molar-refractivity contribution is 5.79. The molecule has 0 radical (unpaired) electrons. The van der Waals surface area contributed by atoms with E-state index in [1.807, 2.05) is 0 Å². The molecule has 0 unspecified atom stereocenters. The van der Waals surface area contributed by atoms with Crippen molar-refractivity contribution in [2.24, 2.45) is 10.9 Å². The van der Waals surface area contributed by atoms with Crippen LogP contribution in [0.15, 0.2) is 23.2 Å². The van der Waals surface area contributed by atoms with Crippen LogP contribution in [0.5, 0.6) is 11.5 Å². The highest BCUT2D eigenvalue weighted by Crippen LogP contribution is 2.28. The van der Waals surface area contributed by atoms with E-state index in [1.54, 1.807) is 19.2 Å². The van der Waals surface area contributed by atoms with Crippen molar-refractivity contribution in [2.75, 3.05) is 20.7 Å². The molecule has 0 spiro atoms. The smallest absolute Gasteiger partial charge is 0.387 e. The fourth-order valence-electron chi connectivity index (χ4n) is 1.98. The molecule has 7 heteroatoms. The van der Waals surface area contributed by atoms with Crippen LogP contribution in [0.4, 0.5) is 8.78 Å². The van der Waals surface area contributed by atoms with Crippen molar-refractivity contribution in [3.05, 3.63) is 23.8 Å². The second kappa shape index (κ2) is 7.82. The summed E-state index contributed by atoms with van der Waals surface area (Å²) in [6, 6.07) is 4.84. The molecular formula is C15H21F2N3O2. The zero-order valence-electron chi connectivity index (χ0n) is 12.7. The van der Waals surface area contributed by atoms with Gasteiger partial charge in [0, 0.05) is 31.8 Å². The van der Waals surface area contributed by atoms with Crippen LogP contribution in [0.1, 0.15) is 18.4 Å². The zero-order chi connectivity index (χ0) is 15.9. The van der Waals surface area contributed by atoms with Crippen molar-refractivity contribution in [2.45, 2.75) is 26.0 Å². The number of nitrogens with one attached hydrogen (secondary N) is 2. The molecule has 1 aliphatic carbocycles. The van der Waals surface area contributed by atoms with Gasteiger partial charge >= 0.3 is 6.61 Å². The number of ether oxygens (including phenoxy) is 2. The third kappa shape index (κ3) is 5.05. The van der Waals surface area contributed by atoms with Crippen molar-refractivity contribution in [3.63, 3.8) is 0 Å². The SMILES string of the molecule is CN=C(NCc1ccc(OC)cc1OC(F)F)NCC1CC1. The number of alkyl halides is 2. The van der Waals surface area contributed by atoms with E-state index in [4.69, 9.17) is 4.74 Å². The van der Waals surface area contributed by atoms with Crippen LogP contribution < -0.4 is 20.1 Å². The van der Waals surface area contributed by atoms with E-state index in [0.29, 0.717) is 23.8 Å². The van der Waals surface area contributed by atoms with Crippen LogP contribution >= 0.6 is 0 Å². The second-order valence-corrected chi connectivity index (χ2v) is 5.10. The van der Waals surface area contributed by atoms with Crippen LogP contribution in [0.3, 0.4) is 0 Å². The predicted molar refractivity (Wildman–Crippen MR) is 80.6 cm³/mol. The molecule has 1 aromatic rings. The fourth-order valence-corrected chi connectivity index (χ4v) is 1.98. The highest BCUT2D eigenvalue weighted by atomic mass is 19.3. The molecule has 0 aliphatic heterocycles. The van der Waals surface area contributed by atoms with E-state index >= 15 is 0 Å². The first kappa shape index (κ1) is 16.3. The quantitative estimate of drug-likeness (QED) is 0.599. The summed E-state index contributed by atoms with van der Waals surface area (Å²) >= 11 is 0. The summed E-state index contributed by atoms with van der Waals surface area (Å²) in [5.74, 6) is 1.93. The number of nitrogens with zero attached hydrogens (tertiary/aromatic N) is 1. The molecule has 1 saturated carbocycles. The van der Waals surface area contributed by atoms with Gasteiger partial charge in [-0.2, -0.15) is 8.78 Å². The van der Waals surface area contributed by atoms with Gasteiger partial charge in [-0.3, -0.25) is 4.99 Å². The first-order valence-corrected chi connectivity index (χ1v) is 7.18. The van der Waals surface area contributed by atoms with Gasteiger partial charge in [-0.15, -0.1) is 0 Å². The van der Waals surface area contributed by atoms with Crippen molar-refractivity contribution in [1.29, 1.82) is 0 Å². The summed E-state index contributed by atoms with van der Waals surface area (Å²) in [6.45, 7) is -1.67. The van der Waals surface area contributed by atoms with Crippen molar-refractivity contribution in [3.8, 4) is 11.5 Å². The van der Waals surface area contributed by atoms with Crippen LogP contribution in [0, 0.1) is 5.92 Å². The predicted octanol–water partition coefficient (Wildman–Crippen LogP) is 2.37. The molecule has 0 atom stereocenters. The molecule has 0 aromatic heterocycles. The number of benzene rings is 1. The molecule has 1 aliphatic rings. The molecule has 1 fully saturated rings. The van der Waals surface area contributed by atoms with E-state index in [0.717, 1.165) is 12.5 Å². The summed E-state index contributed by atoms with van der Waals surface area (Å²) in [7, 11) is 3.15. The molecule has 0 saturated heterocycles. The largest absolute Gasteiger partial charge is 0.497 e. The Labute approximate surface area is 128 Å². The third-order valence-electron chi connectivity index (χ3n) is 3.42. The number of hydrogen-bond donors (Lipinski definition) is 2. The molecule has 0 bridgehead atoms. The Hall–Kier alpha value is -2.05. The molecular weight excluding hydrogens is 292 g/mol. The van der Waals surface area contributed by atoms with E-state index in [-0.39, 0.29) is 5.75 Å². The zero-order valence-corrected chi connectivity index (χ0v) is 12.7. The van der Waals surface area contributed by atoms with Crippen molar-refractivity contribution >= 4 is 5.96 Å². The van der Waals surface area contributed by atoms with Gasteiger partial charge in [-0.1, -0.05) is 0 Å². The van der Waals surface area contributed by atoms with E-state index in [1.165, 1.54) is 26.0 Å². The minimum Gasteiger partial charge on any atom is -0.497 e. The average molecular weight is 313 g/mol. The first-order chi connectivity index (χ1) is 10.6. The third-order valence-corrected chi connectivity index (χ3v) is 3.42. The normalized spacial score (nSPS) is 14.9. The summed E-state index contributed by atoms with van der Waals surface area (Å²) in [6.07, 6.45) is 2.49. The summed E-state index contributed by atoms with van der Waals surface area (Å²) in [4.78, 5) is 4.11. The Bertz CT molecular complexity index is 520. The standard InChI is InChI=1S/C15H21F2N3O2/c1-18-15(19-8-10-3-4-10)20-9-11-5-6-12(21-2)7-13(11)22-14(16)17/h5-7,10,14H,3-4,8-9H2,1-2H3,(H2,18,19,20). The summed E-state index contributed by atoms with van der Waals surface area (Å²) in [5.41, 5.74) is 0.607. The maximum Gasteiger partial charge on any atom is 0.387 e. The average Bonchev–Trinajstić information content (AvgIpc) is 3.32. The lowest BCUT2D eigenvalue weighted by Crippen LogP contribution is -2.37. The Morgan fingerprint density at radius 3 is 2.73 bits per heavy atom. The van der Waals surface area contributed by atoms with Gasteiger partial charge < -0.3 is 20.1 Å². The van der Waals surface area contributed by atoms with Crippen molar-refractivity contribution < 1.29 is 18.3 Å². The number of aliphatic imine (C=N–C) groups is 1. The minimum absolute atomic E-state index is 0.0968. The Morgan fingerprint density at radius 1 is 1.36 bits per heavy atom. The van der Waals surface area contributed by atoms with Gasteiger partial charge in [0.05, 0.1) is 7.11 Å². The van der Waals surface area contributed by atoms with Crippen LogP contribution in [0.25, 0.3) is 0 Å². The fraction of sp³-hybridized carbons (Fsp3) is 0.533. The van der Waals surface area contributed by atoms with Crippen LogP contribution in [0.2, 0.25) is 0 Å². The monoisotopic (exact) mass is 313 g/mol. The van der Waals surface area contributed by atoms with Gasteiger partial charge in [-0.05, 0) is 30.9 Å². The number of methoxy groups -OCH3 is 1. The molecule has 1 aromatic carbocycles. The number of halogens is 2. The second-order valence-electron chi connectivity index (χ2n) is 5.10. The Morgan fingerprint density at radius 2 is 2.14 bits per heavy atom. The first-order valence-electron chi connectivity index (χ1n) is 7.18. The number of rotatable bonds is 7. The maximum atomic E-state index is 12.5. The molecule has 2 rings (SSSR count). The minimum atomic E-state index is -2.88. The molecule has 22 heavy (non-hydrogen) atoms. The lowest BCUT2D eigenvalue weighted by molar-refractivity contribution is -0.0505.